The van der Waals surface area contributed by atoms with Gasteiger partial charge < -0.3 is 10.0 Å². The molecule has 0 radical (unpaired) electrons. The number of rotatable bonds is 6. The van der Waals surface area contributed by atoms with Gasteiger partial charge in [-0.25, -0.2) is 0 Å². The third-order valence-electron chi connectivity index (χ3n) is 3.77. The van der Waals surface area contributed by atoms with Crippen LogP contribution in [0.25, 0.3) is 0 Å². The minimum absolute atomic E-state index is 0.123. The molecule has 0 aromatic heterocycles. The first-order chi connectivity index (χ1) is 8.97. The van der Waals surface area contributed by atoms with Crippen molar-refractivity contribution < 1.29 is 9.90 Å². The maximum Gasteiger partial charge on any atom is 0.306 e. The molecule has 1 aromatic carbocycles. The first-order valence-corrected chi connectivity index (χ1v) is 7.00. The molecule has 1 saturated carbocycles. The summed E-state index contributed by atoms with van der Waals surface area (Å²) in [6.07, 6.45) is 1.93. The maximum absolute atomic E-state index is 10.8. The molecule has 3 nitrogen and oxygen atoms in total. The van der Waals surface area contributed by atoms with Crippen molar-refractivity contribution in [2.24, 2.45) is 17.8 Å². The molecule has 2 unspecified atom stereocenters. The lowest BCUT2D eigenvalue weighted by Gasteiger charge is -2.19. The van der Waals surface area contributed by atoms with Crippen molar-refractivity contribution in [1.29, 1.82) is 0 Å². The molecule has 0 heterocycles. The predicted octanol–water partition coefficient (Wildman–Crippen LogP) is 3.04. The first-order valence-electron chi connectivity index (χ1n) is 7.00. The Morgan fingerprint density at radius 2 is 2.00 bits per heavy atom. The van der Waals surface area contributed by atoms with E-state index in [1.807, 2.05) is 7.05 Å². The summed E-state index contributed by atoms with van der Waals surface area (Å²) in [7, 11) is 2.04. The lowest BCUT2D eigenvalue weighted by molar-refractivity contribution is -0.138. The normalized spacial score (nSPS) is 21.5. The molecule has 1 aliphatic carbocycles. The lowest BCUT2D eigenvalue weighted by Crippen LogP contribution is -2.21. The maximum atomic E-state index is 10.8. The number of aliphatic carboxylic acids is 1. The van der Waals surface area contributed by atoms with Crippen LogP contribution in [0.5, 0.6) is 0 Å². The number of hydrogen-bond donors (Lipinski definition) is 1. The van der Waals surface area contributed by atoms with Crippen LogP contribution >= 0.6 is 0 Å². The van der Waals surface area contributed by atoms with Crippen LogP contribution in [0.4, 0.5) is 5.69 Å². The molecule has 1 fully saturated rings. The Balaban J connectivity index is 1.89. The minimum Gasteiger partial charge on any atom is -0.481 e. The fraction of sp³-hybridized carbons (Fsp3) is 0.562. The van der Waals surface area contributed by atoms with E-state index >= 15 is 0 Å². The van der Waals surface area contributed by atoms with Gasteiger partial charge in [0.25, 0.3) is 0 Å². The van der Waals surface area contributed by atoms with E-state index in [9.17, 15) is 4.79 Å². The molecule has 3 heteroatoms. The molecule has 2 atom stereocenters. The Kier molecular flexibility index (Phi) is 4.13. The quantitative estimate of drug-likeness (QED) is 0.855. The third kappa shape index (κ3) is 3.72. The van der Waals surface area contributed by atoms with E-state index in [1.165, 1.54) is 11.3 Å². The first kappa shape index (κ1) is 13.9. The van der Waals surface area contributed by atoms with Crippen molar-refractivity contribution in [2.75, 3.05) is 18.5 Å². The smallest absolute Gasteiger partial charge is 0.306 e. The van der Waals surface area contributed by atoms with Crippen molar-refractivity contribution in [1.82, 2.24) is 0 Å². The van der Waals surface area contributed by atoms with Crippen LogP contribution < -0.4 is 4.90 Å². The highest BCUT2D eigenvalue weighted by Crippen LogP contribution is 2.39. The van der Waals surface area contributed by atoms with Crippen molar-refractivity contribution >= 4 is 11.7 Å². The topological polar surface area (TPSA) is 40.5 Å². The van der Waals surface area contributed by atoms with Crippen molar-refractivity contribution in [3.63, 3.8) is 0 Å². The SMILES string of the molecule is CC(C)Cc1ccc(N(C)CC2CC2C(=O)O)cc1. The molecule has 104 valence electrons. The Morgan fingerprint density at radius 1 is 1.37 bits per heavy atom. The average molecular weight is 261 g/mol. The number of carboxylic acid groups (broad SMARTS) is 1. The summed E-state index contributed by atoms with van der Waals surface area (Å²) >= 11 is 0. The third-order valence-corrected chi connectivity index (χ3v) is 3.77. The van der Waals surface area contributed by atoms with E-state index in [0.29, 0.717) is 11.8 Å². The van der Waals surface area contributed by atoms with Crippen LogP contribution in [0.2, 0.25) is 0 Å². The van der Waals surface area contributed by atoms with E-state index in [1.54, 1.807) is 0 Å². The molecule has 1 N–H and O–H groups in total. The molecule has 19 heavy (non-hydrogen) atoms. The highest BCUT2D eigenvalue weighted by Gasteiger charge is 2.43. The van der Waals surface area contributed by atoms with Crippen LogP contribution in [-0.2, 0) is 11.2 Å². The van der Waals surface area contributed by atoms with Crippen molar-refractivity contribution in [2.45, 2.75) is 26.7 Å². The number of hydrogen-bond acceptors (Lipinski definition) is 2. The van der Waals surface area contributed by atoms with Crippen molar-refractivity contribution in [3.8, 4) is 0 Å². The summed E-state index contributed by atoms with van der Waals surface area (Å²) in [5.41, 5.74) is 2.53. The van der Waals surface area contributed by atoms with Gasteiger partial charge in [0.2, 0.25) is 0 Å². The van der Waals surface area contributed by atoms with E-state index in [4.69, 9.17) is 5.11 Å². The van der Waals surface area contributed by atoms with E-state index < -0.39 is 5.97 Å². The van der Waals surface area contributed by atoms with Gasteiger partial charge in [0.05, 0.1) is 5.92 Å². The number of carbonyl (C=O) groups is 1. The zero-order valence-electron chi connectivity index (χ0n) is 12.0. The Labute approximate surface area is 115 Å². The van der Waals surface area contributed by atoms with Gasteiger partial charge in [-0.05, 0) is 42.4 Å². The minimum atomic E-state index is -0.648. The largest absolute Gasteiger partial charge is 0.481 e. The Bertz CT molecular complexity index is 439. The van der Waals surface area contributed by atoms with Gasteiger partial charge in [-0.1, -0.05) is 26.0 Å². The van der Waals surface area contributed by atoms with Gasteiger partial charge in [0, 0.05) is 19.3 Å². The summed E-state index contributed by atoms with van der Waals surface area (Å²) < 4.78 is 0. The van der Waals surface area contributed by atoms with Crippen LogP contribution in [0.3, 0.4) is 0 Å². The van der Waals surface area contributed by atoms with Crippen LogP contribution in [-0.4, -0.2) is 24.7 Å². The monoisotopic (exact) mass is 261 g/mol. The molecule has 0 spiro atoms. The number of nitrogens with zero attached hydrogens (tertiary/aromatic N) is 1. The highest BCUT2D eigenvalue weighted by molar-refractivity contribution is 5.73. The second-order valence-electron chi connectivity index (χ2n) is 6.09. The van der Waals surface area contributed by atoms with E-state index in [-0.39, 0.29) is 5.92 Å². The summed E-state index contributed by atoms with van der Waals surface area (Å²) in [6, 6.07) is 8.62. The van der Waals surface area contributed by atoms with Crippen LogP contribution in [0.1, 0.15) is 25.8 Å². The highest BCUT2D eigenvalue weighted by atomic mass is 16.4. The van der Waals surface area contributed by atoms with E-state index in [2.05, 4.69) is 43.0 Å². The zero-order chi connectivity index (χ0) is 14.0. The molecule has 0 aliphatic heterocycles. The summed E-state index contributed by atoms with van der Waals surface area (Å²) in [4.78, 5) is 13.0. The van der Waals surface area contributed by atoms with Gasteiger partial charge >= 0.3 is 5.97 Å². The van der Waals surface area contributed by atoms with Gasteiger partial charge in [-0.15, -0.1) is 0 Å². The molecule has 1 aliphatic rings. The van der Waals surface area contributed by atoms with Gasteiger partial charge in [0.1, 0.15) is 0 Å². The second-order valence-corrected chi connectivity index (χ2v) is 6.09. The standard InChI is InChI=1S/C16H23NO2/c1-11(2)8-12-4-6-14(7-5-12)17(3)10-13-9-15(13)16(18)19/h4-7,11,13,15H,8-10H2,1-3H3,(H,18,19). The van der Waals surface area contributed by atoms with Crippen molar-refractivity contribution in [3.05, 3.63) is 29.8 Å². The number of benzene rings is 1. The van der Waals surface area contributed by atoms with Gasteiger partial charge in [0.15, 0.2) is 0 Å². The number of anilines is 1. The van der Waals surface area contributed by atoms with E-state index in [0.717, 1.165) is 19.4 Å². The summed E-state index contributed by atoms with van der Waals surface area (Å²) in [5.74, 6) is 0.220. The Hall–Kier alpha value is -1.51. The van der Waals surface area contributed by atoms with Gasteiger partial charge in [-0.3, -0.25) is 4.79 Å². The Morgan fingerprint density at radius 3 is 2.47 bits per heavy atom. The predicted molar refractivity (Wildman–Crippen MR) is 77.5 cm³/mol. The van der Waals surface area contributed by atoms with Gasteiger partial charge in [-0.2, -0.15) is 0 Å². The summed E-state index contributed by atoms with van der Waals surface area (Å²) in [5, 5.41) is 8.91. The molecular formula is C16H23NO2. The molecule has 1 aromatic rings. The fourth-order valence-corrected chi connectivity index (χ4v) is 2.57. The zero-order valence-corrected chi connectivity index (χ0v) is 12.0. The number of carboxylic acids is 1. The molecule has 2 rings (SSSR count). The fourth-order valence-electron chi connectivity index (χ4n) is 2.57. The lowest BCUT2D eigenvalue weighted by atomic mass is 10.0. The average Bonchev–Trinajstić information content (AvgIpc) is 3.08. The molecule has 0 amide bonds. The summed E-state index contributed by atoms with van der Waals surface area (Å²) in [6.45, 7) is 5.28. The molecular weight excluding hydrogens is 238 g/mol. The molecule has 0 bridgehead atoms. The van der Waals surface area contributed by atoms with Crippen LogP contribution in [0.15, 0.2) is 24.3 Å². The van der Waals surface area contributed by atoms with Crippen LogP contribution in [0, 0.1) is 17.8 Å². The second kappa shape index (κ2) is 5.64. The molecule has 0 saturated heterocycles.